The van der Waals surface area contributed by atoms with E-state index in [1.165, 1.54) is 93.1 Å². The van der Waals surface area contributed by atoms with Crippen LogP contribution in [0, 0.1) is 0 Å². The van der Waals surface area contributed by atoms with Gasteiger partial charge in [-0.1, -0.05) is 133 Å². The monoisotopic (exact) mass is 660 g/mol. The van der Waals surface area contributed by atoms with Crippen LogP contribution in [0.5, 0.6) is 0 Å². The Morgan fingerprint density at radius 1 is 0.250 bits per heavy atom. The predicted octanol–water partition coefficient (Wildman–Crippen LogP) is 13.5. The second kappa shape index (κ2) is 11.3. The molecule has 11 rings (SSSR count). The Labute approximate surface area is 301 Å². The molecule has 0 aliphatic carbocycles. The van der Waals surface area contributed by atoms with Crippen LogP contribution < -0.4 is 0 Å². The van der Waals surface area contributed by atoms with Gasteiger partial charge in [0.1, 0.15) is 0 Å². The van der Waals surface area contributed by atoms with Gasteiger partial charge in [0.15, 0.2) is 0 Å². The molecule has 2 heterocycles. The van der Waals surface area contributed by atoms with Gasteiger partial charge in [-0.3, -0.25) is 0 Å². The van der Waals surface area contributed by atoms with Crippen molar-refractivity contribution in [3.8, 4) is 33.6 Å². The second-order valence-corrected chi connectivity index (χ2v) is 13.7. The van der Waals surface area contributed by atoms with Crippen molar-refractivity contribution >= 4 is 65.2 Å². The molecule has 2 nitrogen and oxygen atoms in total. The molecule has 0 aliphatic rings. The number of hydrogen-bond acceptors (Lipinski definition) is 0. The van der Waals surface area contributed by atoms with E-state index >= 15 is 0 Å². The van der Waals surface area contributed by atoms with Crippen molar-refractivity contribution in [2.75, 3.05) is 0 Å². The lowest BCUT2D eigenvalue weighted by Crippen LogP contribution is -1.94. The lowest BCUT2D eigenvalue weighted by atomic mass is 10.00. The molecule has 0 atom stereocenters. The van der Waals surface area contributed by atoms with Crippen LogP contribution in [0.3, 0.4) is 0 Å². The second-order valence-electron chi connectivity index (χ2n) is 13.7. The molecule has 0 fully saturated rings. The SMILES string of the molecule is c1ccc(-c2ccc3c(c2)c2cc(-c4ccc(-n5c6ccc7ccccc7c6c6c7ccccc7ccc65)cc4)ccc2n3-c2ccccc2)cc1. The van der Waals surface area contributed by atoms with Gasteiger partial charge in [-0.2, -0.15) is 0 Å². The van der Waals surface area contributed by atoms with Crippen molar-refractivity contribution in [3.05, 3.63) is 194 Å². The maximum Gasteiger partial charge on any atom is 0.0547 e. The minimum Gasteiger partial charge on any atom is -0.309 e. The molecule has 0 N–H and O–H groups in total. The summed E-state index contributed by atoms with van der Waals surface area (Å²) in [5, 5.41) is 10.2. The van der Waals surface area contributed by atoms with E-state index in [4.69, 9.17) is 0 Å². The zero-order valence-electron chi connectivity index (χ0n) is 28.4. The third-order valence-corrected chi connectivity index (χ3v) is 10.9. The highest BCUT2D eigenvalue weighted by Gasteiger charge is 2.18. The van der Waals surface area contributed by atoms with Crippen molar-refractivity contribution in [3.63, 3.8) is 0 Å². The van der Waals surface area contributed by atoms with Gasteiger partial charge in [0.05, 0.1) is 22.1 Å². The Morgan fingerprint density at radius 2 is 0.654 bits per heavy atom. The Bertz CT molecular complexity index is 3050. The fraction of sp³-hybridized carbons (Fsp3) is 0. The van der Waals surface area contributed by atoms with Crippen molar-refractivity contribution in [1.82, 2.24) is 9.13 Å². The number of rotatable bonds is 4. The van der Waals surface area contributed by atoms with Crippen LogP contribution in [0.2, 0.25) is 0 Å². The first-order valence-corrected chi connectivity index (χ1v) is 17.9. The quantitative estimate of drug-likeness (QED) is 0.178. The van der Waals surface area contributed by atoms with Crippen LogP contribution in [-0.2, 0) is 0 Å². The van der Waals surface area contributed by atoms with Gasteiger partial charge in [-0.25, -0.2) is 0 Å². The number of aromatic nitrogens is 2. The lowest BCUT2D eigenvalue weighted by Gasteiger charge is -2.11. The van der Waals surface area contributed by atoms with Crippen LogP contribution in [-0.4, -0.2) is 9.13 Å². The Morgan fingerprint density at radius 3 is 1.21 bits per heavy atom. The standard InChI is InChI=1S/C50H32N2/c1-3-11-33(12-4-1)37-23-27-45-43(31-37)44-32-38(24-28-46(44)51(45)39-15-5-2-6-16-39)34-19-25-40(26-20-34)52-47-29-21-35-13-7-9-17-41(35)49(47)50-42-18-10-8-14-36(42)22-30-48(50)52/h1-32H. The summed E-state index contributed by atoms with van der Waals surface area (Å²) in [5.74, 6) is 0. The molecule has 242 valence electrons. The summed E-state index contributed by atoms with van der Waals surface area (Å²) in [4.78, 5) is 0. The maximum atomic E-state index is 2.44. The van der Waals surface area contributed by atoms with E-state index in [9.17, 15) is 0 Å². The van der Waals surface area contributed by atoms with Gasteiger partial charge < -0.3 is 9.13 Å². The minimum absolute atomic E-state index is 1.16. The molecule has 11 aromatic rings. The van der Waals surface area contributed by atoms with Crippen LogP contribution in [0.25, 0.3) is 98.8 Å². The van der Waals surface area contributed by atoms with E-state index in [-0.39, 0.29) is 0 Å². The molecule has 0 bridgehead atoms. The molecule has 2 aromatic heterocycles. The van der Waals surface area contributed by atoms with Crippen molar-refractivity contribution < 1.29 is 0 Å². The number of benzene rings is 9. The molecule has 0 spiro atoms. The summed E-state index contributed by atoms with van der Waals surface area (Å²) >= 11 is 0. The van der Waals surface area contributed by atoms with Crippen LogP contribution >= 0.6 is 0 Å². The molecular formula is C50H32N2. The zero-order chi connectivity index (χ0) is 34.2. The molecule has 52 heavy (non-hydrogen) atoms. The first-order valence-electron chi connectivity index (χ1n) is 17.9. The highest BCUT2D eigenvalue weighted by Crippen LogP contribution is 2.41. The van der Waals surface area contributed by atoms with Gasteiger partial charge in [0.25, 0.3) is 0 Å². The lowest BCUT2D eigenvalue weighted by molar-refractivity contribution is 1.18. The maximum absolute atomic E-state index is 2.44. The van der Waals surface area contributed by atoms with Gasteiger partial charge in [0, 0.05) is 32.9 Å². The smallest absolute Gasteiger partial charge is 0.0547 e. The first kappa shape index (κ1) is 28.9. The highest BCUT2D eigenvalue weighted by atomic mass is 15.0. The van der Waals surface area contributed by atoms with Crippen molar-refractivity contribution in [2.24, 2.45) is 0 Å². The fourth-order valence-corrected chi connectivity index (χ4v) is 8.50. The molecule has 0 radical (unpaired) electrons. The van der Waals surface area contributed by atoms with Gasteiger partial charge in [-0.15, -0.1) is 0 Å². The highest BCUT2D eigenvalue weighted by molar-refractivity contribution is 6.28. The molecule has 0 unspecified atom stereocenters. The van der Waals surface area contributed by atoms with Crippen LogP contribution in [0.4, 0.5) is 0 Å². The molecule has 0 saturated carbocycles. The summed E-state index contributed by atoms with van der Waals surface area (Å²) in [5.41, 5.74) is 12.0. The number of fused-ring (bicyclic) bond motifs is 10. The van der Waals surface area contributed by atoms with Crippen LogP contribution in [0.15, 0.2) is 194 Å². The summed E-state index contributed by atoms with van der Waals surface area (Å²) in [7, 11) is 0. The average molecular weight is 661 g/mol. The van der Waals surface area contributed by atoms with E-state index in [2.05, 4.69) is 203 Å². The predicted molar refractivity (Wildman–Crippen MR) is 221 cm³/mol. The Kier molecular flexibility index (Phi) is 6.28. The van der Waals surface area contributed by atoms with E-state index in [0.717, 1.165) is 5.69 Å². The number of hydrogen-bond donors (Lipinski definition) is 0. The molecule has 0 saturated heterocycles. The average Bonchev–Trinajstić information content (AvgIpc) is 3.74. The third kappa shape index (κ3) is 4.31. The molecule has 9 aromatic carbocycles. The fourth-order valence-electron chi connectivity index (χ4n) is 8.50. The topological polar surface area (TPSA) is 9.86 Å². The molecule has 0 amide bonds. The van der Waals surface area contributed by atoms with Crippen molar-refractivity contribution in [2.45, 2.75) is 0 Å². The summed E-state index contributed by atoms with van der Waals surface area (Å²) in [6.45, 7) is 0. The zero-order valence-corrected chi connectivity index (χ0v) is 28.4. The van der Waals surface area contributed by atoms with Crippen molar-refractivity contribution in [1.29, 1.82) is 0 Å². The van der Waals surface area contributed by atoms with E-state index in [1.807, 2.05) is 0 Å². The largest absolute Gasteiger partial charge is 0.309 e. The third-order valence-electron chi connectivity index (χ3n) is 10.9. The number of para-hydroxylation sites is 1. The van der Waals surface area contributed by atoms with Gasteiger partial charge in [-0.05, 0) is 104 Å². The van der Waals surface area contributed by atoms with E-state index in [0.29, 0.717) is 0 Å². The Balaban J connectivity index is 1.09. The normalized spacial score (nSPS) is 11.8. The minimum atomic E-state index is 1.16. The van der Waals surface area contributed by atoms with Gasteiger partial charge in [0.2, 0.25) is 0 Å². The van der Waals surface area contributed by atoms with Gasteiger partial charge >= 0.3 is 0 Å². The first-order chi connectivity index (χ1) is 25.8. The summed E-state index contributed by atoms with van der Waals surface area (Å²) in [6.07, 6.45) is 0. The van der Waals surface area contributed by atoms with Crippen LogP contribution in [0.1, 0.15) is 0 Å². The van der Waals surface area contributed by atoms with E-state index in [1.54, 1.807) is 0 Å². The summed E-state index contributed by atoms with van der Waals surface area (Å²) in [6, 6.07) is 70.9. The molecule has 0 aliphatic heterocycles. The van der Waals surface area contributed by atoms with E-state index < -0.39 is 0 Å². The number of nitrogens with zero attached hydrogens (tertiary/aromatic N) is 2. The molecular weight excluding hydrogens is 629 g/mol. The Hall–Kier alpha value is -6.90. The molecule has 2 heteroatoms. The summed E-state index contributed by atoms with van der Waals surface area (Å²) < 4.78 is 4.83.